The Morgan fingerprint density at radius 2 is 2.00 bits per heavy atom. The van der Waals surface area contributed by atoms with Crippen molar-refractivity contribution in [3.63, 3.8) is 0 Å². The second-order valence-corrected chi connectivity index (χ2v) is 5.25. The SMILES string of the molecule is NC(C(=O)O)(C1CCOC2(CCC2)C1)C(F)(F)F. The minimum Gasteiger partial charge on any atom is -0.480 e. The largest absolute Gasteiger partial charge is 0.480 e. The Hall–Kier alpha value is -0.820. The molecule has 2 fully saturated rings. The van der Waals surface area contributed by atoms with Crippen molar-refractivity contribution in [1.29, 1.82) is 0 Å². The molecule has 0 aromatic rings. The number of carboxylic acids is 1. The summed E-state index contributed by atoms with van der Waals surface area (Å²) < 4.78 is 44.4. The van der Waals surface area contributed by atoms with E-state index < -0.39 is 29.2 Å². The van der Waals surface area contributed by atoms with Gasteiger partial charge in [-0.3, -0.25) is 0 Å². The lowest BCUT2D eigenvalue weighted by Crippen LogP contribution is -2.67. The Morgan fingerprint density at radius 1 is 1.39 bits per heavy atom. The molecule has 2 rings (SSSR count). The summed E-state index contributed by atoms with van der Waals surface area (Å²) in [5.41, 5.74) is 1.48. The summed E-state index contributed by atoms with van der Waals surface area (Å²) in [7, 11) is 0. The zero-order chi connectivity index (χ0) is 13.6. The van der Waals surface area contributed by atoms with Gasteiger partial charge in [0, 0.05) is 12.5 Å². The van der Waals surface area contributed by atoms with Gasteiger partial charge in [0.2, 0.25) is 5.54 Å². The second-order valence-electron chi connectivity index (χ2n) is 5.25. The lowest BCUT2D eigenvalue weighted by molar-refractivity contribution is -0.231. The zero-order valence-corrected chi connectivity index (χ0v) is 9.79. The van der Waals surface area contributed by atoms with Gasteiger partial charge < -0.3 is 15.6 Å². The first-order chi connectivity index (χ1) is 8.21. The Balaban J connectivity index is 2.24. The van der Waals surface area contributed by atoms with E-state index in [4.69, 9.17) is 15.6 Å². The van der Waals surface area contributed by atoms with Gasteiger partial charge in [-0.1, -0.05) is 0 Å². The van der Waals surface area contributed by atoms with Crippen molar-refractivity contribution < 1.29 is 27.8 Å². The first-order valence-electron chi connectivity index (χ1n) is 5.94. The van der Waals surface area contributed by atoms with Crippen LogP contribution in [0.4, 0.5) is 13.2 Å². The minimum atomic E-state index is -4.95. The van der Waals surface area contributed by atoms with Gasteiger partial charge in [-0.25, -0.2) is 4.79 Å². The van der Waals surface area contributed by atoms with Crippen LogP contribution in [0, 0.1) is 5.92 Å². The minimum absolute atomic E-state index is 0.0318. The van der Waals surface area contributed by atoms with E-state index in [1.165, 1.54) is 0 Å². The number of aliphatic carboxylic acids is 1. The molecular weight excluding hydrogens is 251 g/mol. The predicted molar refractivity (Wildman–Crippen MR) is 55.9 cm³/mol. The molecule has 0 bridgehead atoms. The lowest BCUT2D eigenvalue weighted by Gasteiger charge is -2.50. The third-order valence-electron chi connectivity index (χ3n) is 4.22. The van der Waals surface area contributed by atoms with E-state index in [-0.39, 0.29) is 19.4 Å². The predicted octanol–water partition coefficient (Wildman–Crippen LogP) is 1.68. The average Bonchev–Trinajstić information content (AvgIpc) is 2.24. The third-order valence-corrected chi connectivity index (χ3v) is 4.22. The summed E-state index contributed by atoms with van der Waals surface area (Å²) in [6, 6.07) is 0. The fourth-order valence-corrected chi connectivity index (χ4v) is 2.86. The van der Waals surface area contributed by atoms with Gasteiger partial charge in [0.1, 0.15) is 0 Å². The highest BCUT2D eigenvalue weighted by Gasteiger charge is 2.64. The molecule has 104 valence electrons. The molecule has 2 atom stereocenters. The van der Waals surface area contributed by atoms with Crippen LogP contribution in [-0.4, -0.2) is 35.0 Å². The molecule has 0 radical (unpaired) electrons. The third kappa shape index (κ3) is 1.89. The highest BCUT2D eigenvalue weighted by molar-refractivity contribution is 5.80. The van der Waals surface area contributed by atoms with E-state index in [0.29, 0.717) is 12.8 Å². The highest BCUT2D eigenvalue weighted by Crippen LogP contribution is 2.49. The van der Waals surface area contributed by atoms with Gasteiger partial charge in [0.15, 0.2) is 0 Å². The van der Waals surface area contributed by atoms with Crippen LogP contribution < -0.4 is 5.73 Å². The van der Waals surface area contributed by atoms with E-state index >= 15 is 0 Å². The molecule has 7 heteroatoms. The van der Waals surface area contributed by atoms with Gasteiger partial charge in [-0.2, -0.15) is 13.2 Å². The van der Waals surface area contributed by atoms with E-state index in [1.54, 1.807) is 0 Å². The molecule has 1 heterocycles. The average molecular weight is 267 g/mol. The molecule has 1 spiro atoms. The summed E-state index contributed by atoms with van der Waals surface area (Å²) in [5, 5.41) is 8.90. The first-order valence-corrected chi connectivity index (χ1v) is 5.94. The number of rotatable bonds is 2. The first kappa shape index (κ1) is 13.6. The topological polar surface area (TPSA) is 72.6 Å². The monoisotopic (exact) mass is 267 g/mol. The molecule has 2 unspecified atom stereocenters. The van der Waals surface area contributed by atoms with E-state index in [0.717, 1.165) is 6.42 Å². The van der Waals surface area contributed by atoms with Crippen LogP contribution in [0.25, 0.3) is 0 Å². The molecule has 1 saturated carbocycles. The summed E-state index contributed by atoms with van der Waals surface area (Å²) in [4.78, 5) is 11.0. The maximum atomic E-state index is 13.0. The summed E-state index contributed by atoms with van der Waals surface area (Å²) in [6.07, 6.45) is -2.55. The van der Waals surface area contributed by atoms with Crippen LogP contribution in [-0.2, 0) is 9.53 Å². The van der Waals surface area contributed by atoms with Crippen molar-refractivity contribution >= 4 is 5.97 Å². The van der Waals surface area contributed by atoms with E-state index in [9.17, 15) is 18.0 Å². The molecule has 1 aliphatic heterocycles. The highest BCUT2D eigenvalue weighted by atomic mass is 19.4. The van der Waals surface area contributed by atoms with Crippen LogP contribution in [0.2, 0.25) is 0 Å². The van der Waals surface area contributed by atoms with Gasteiger partial charge in [0.05, 0.1) is 5.60 Å². The smallest absolute Gasteiger partial charge is 0.417 e. The molecule has 2 aliphatic rings. The standard InChI is InChI=1S/C11H16F3NO3/c12-11(13,14)10(15,8(16)17)7-2-5-18-9(6-7)3-1-4-9/h7H,1-6,15H2,(H,16,17). The van der Waals surface area contributed by atoms with E-state index in [2.05, 4.69) is 0 Å². The number of halogens is 3. The number of carboxylic acid groups (broad SMARTS) is 1. The van der Waals surface area contributed by atoms with Crippen molar-refractivity contribution in [1.82, 2.24) is 0 Å². The number of carbonyl (C=O) groups is 1. The number of hydrogen-bond acceptors (Lipinski definition) is 3. The lowest BCUT2D eigenvalue weighted by atomic mass is 9.66. The fourth-order valence-electron chi connectivity index (χ4n) is 2.86. The van der Waals surface area contributed by atoms with Crippen LogP contribution in [0.1, 0.15) is 32.1 Å². The van der Waals surface area contributed by atoms with Gasteiger partial charge in [0.25, 0.3) is 0 Å². The van der Waals surface area contributed by atoms with Crippen molar-refractivity contribution in [2.75, 3.05) is 6.61 Å². The van der Waals surface area contributed by atoms with Crippen LogP contribution in [0.5, 0.6) is 0 Å². The van der Waals surface area contributed by atoms with Crippen LogP contribution >= 0.6 is 0 Å². The maximum absolute atomic E-state index is 13.0. The van der Waals surface area contributed by atoms with E-state index in [1.807, 2.05) is 0 Å². The normalized spacial score (nSPS) is 30.6. The quantitative estimate of drug-likeness (QED) is 0.798. The van der Waals surface area contributed by atoms with Gasteiger partial charge >= 0.3 is 12.1 Å². The molecule has 0 aromatic carbocycles. The molecule has 18 heavy (non-hydrogen) atoms. The van der Waals surface area contributed by atoms with Crippen molar-refractivity contribution in [2.24, 2.45) is 11.7 Å². The number of alkyl halides is 3. The summed E-state index contributed by atoms with van der Waals surface area (Å²) >= 11 is 0. The molecular formula is C11H16F3NO3. The Kier molecular flexibility index (Phi) is 3.09. The second kappa shape index (κ2) is 4.09. The van der Waals surface area contributed by atoms with Crippen molar-refractivity contribution in [3.05, 3.63) is 0 Å². The van der Waals surface area contributed by atoms with Crippen LogP contribution in [0.3, 0.4) is 0 Å². The Morgan fingerprint density at radius 3 is 2.39 bits per heavy atom. The zero-order valence-electron chi connectivity index (χ0n) is 9.79. The number of hydrogen-bond donors (Lipinski definition) is 2. The molecule has 1 aliphatic carbocycles. The van der Waals surface area contributed by atoms with Gasteiger partial charge in [-0.05, 0) is 32.1 Å². The maximum Gasteiger partial charge on any atom is 0.417 e. The van der Waals surface area contributed by atoms with Gasteiger partial charge in [-0.15, -0.1) is 0 Å². The molecule has 0 amide bonds. The Bertz CT molecular complexity index is 354. The Labute approximate surface area is 102 Å². The molecule has 4 nitrogen and oxygen atoms in total. The fraction of sp³-hybridized carbons (Fsp3) is 0.909. The van der Waals surface area contributed by atoms with Crippen molar-refractivity contribution in [2.45, 2.75) is 49.4 Å². The van der Waals surface area contributed by atoms with Crippen LogP contribution in [0.15, 0.2) is 0 Å². The molecule has 1 saturated heterocycles. The summed E-state index contributed by atoms with van der Waals surface area (Å²) in [6.45, 7) is 0.146. The summed E-state index contributed by atoms with van der Waals surface area (Å²) in [5.74, 6) is -3.12. The molecule has 3 N–H and O–H groups in total. The number of nitrogens with two attached hydrogens (primary N) is 1. The van der Waals surface area contributed by atoms with Crippen molar-refractivity contribution in [3.8, 4) is 0 Å². The molecule has 0 aromatic heterocycles. The number of ether oxygens (including phenoxy) is 1.